The summed E-state index contributed by atoms with van der Waals surface area (Å²) in [7, 11) is 0. The predicted molar refractivity (Wildman–Crippen MR) is 11.1 cm³/mol. The molecular weight excluding hydrogens is 212 g/mol. The Bertz CT molecular complexity index is 92.3. The van der Waals surface area contributed by atoms with Crippen LogP contribution in [0.2, 0.25) is 0 Å². The molecule has 0 unspecified atom stereocenters. The number of halogens is 4. The van der Waals surface area contributed by atoms with Crippen molar-refractivity contribution in [2.24, 2.45) is 0 Å². The van der Waals surface area contributed by atoms with Crippen LogP contribution in [0, 0.1) is 0 Å². The molecule has 7 heteroatoms. The molecule has 9 heavy (non-hydrogen) atoms. The molecule has 0 aromatic rings. The summed E-state index contributed by atoms with van der Waals surface area (Å²) in [6.45, 7) is 0. The Kier molecular flexibility index (Phi) is 8.73. The molecule has 0 atom stereocenters. The van der Waals surface area contributed by atoms with Gasteiger partial charge in [-0.1, -0.05) is 0 Å². The number of carboxylic acid groups (broad SMARTS) is 1. The minimum atomic E-state index is -5.19. The number of carbonyl (C=O) groups is 1. The average molecular weight is 212 g/mol. The van der Waals surface area contributed by atoms with Gasteiger partial charge in [0.05, 0.1) is 0 Å². The third-order valence-corrected chi connectivity index (χ3v) is 0.231. The maximum atomic E-state index is 10.5. The van der Waals surface area contributed by atoms with Crippen molar-refractivity contribution >= 4 is 5.97 Å². The van der Waals surface area contributed by atoms with E-state index in [-0.39, 0.29) is 29.5 Å². The third kappa shape index (κ3) is 8.07. The van der Waals surface area contributed by atoms with Crippen molar-refractivity contribution < 1.29 is 52.5 Å². The quantitative estimate of drug-likeness (QED) is 0.388. The molecule has 0 aliphatic carbocycles. The van der Waals surface area contributed by atoms with Gasteiger partial charge in [0.25, 0.3) is 0 Å². The largest absolute Gasteiger partial charge is 2.00 e. The molecule has 0 fully saturated rings. The molecule has 0 aliphatic rings. The number of aliphatic carboxylic acids is 1. The van der Waals surface area contributed by atoms with Gasteiger partial charge in [-0.25, -0.2) is 0 Å². The van der Waals surface area contributed by atoms with Crippen LogP contribution in [0.3, 0.4) is 0 Å². The van der Waals surface area contributed by atoms with Crippen LogP contribution in [-0.4, -0.2) is 12.1 Å². The predicted octanol–water partition coefficient (Wildman–Crippen LogP) is -3.70. The molecule has 59 valence electrons. The molecule has 0 aromatic heterocycles. The van der Waals surface area contributed by atoms with Gasteiger partial charge in [0, 0.05) is 0 Å². The van der Waals surface area contributed by atoms with E-state index in [9.17, 15) is 13.2 Å². The number of carboxylic acids is 1. The van der Waals surface area contributed by atoms with E-state index in [0.717, 1.165) is 0 Å². The van der Waals surface area contributed by atoms with E-state index in [1.807, 2.05) is 0 Å². The van der Waals surface area contributed by atoms with Crippen molar-refractivity contribution in [1.29, 1.82) is 0 Å². The molecule has 0 saturated carbocycles. The maximum absolute atomic E-state index is 10.5. The van der Waals surface area contributed by atoms with E-state index >= 15 is 0 Å². The van der Waals surface area contributed by atoms with Crippen LogP contribution in [0.5, 0.6) is 0 Å². The van der Waals surface area contributed by atoms with Gasteiger partial charge in [0.1, 0.15) is 5.97 Å². The zero-order chi connectivity index (χ0) is 6.08. The number of carbonyl (C=O) groups excluding carboxylic acids is 1. The van der Waals surface area contributed by atoms with Crippen LogP contribution in [0.15, 0.2) is 0 Å². The molecule has 0 aliphatic heterocycles. The average Bonchev–Trinajstić information content (AvgIpc) is 1.31. The molecule has 1 radical (unpaired) electrons. The summed E-state index contributed by atoms with van der Waals surface area (Å²) in [6, 6.07) is 0. The second-order valence-corrected chi connectivity index (χ2v) is 0.785. The molecule has 2 nitrogen and oxygen atoms in total. The summed E-state index contributed by atoms with van der Waals surface area (Å²) < 4.78 is 31.5. The molecule has 0 aromatic carbocycles. The topological polar surface area (TPSA) is 40.1 Å². The second-order valence-electron chi connectivity index (χ2n) is 0.785. The van der Waals surface area contributed by atoms with Gasteiger partial charge >= 0.3 is 23.2 Å². The number of hydrogen-bond donors (Lipinski definition) is 0. The molecule has 0 bridgehead atoms. The van der Waals surface area contributed by atoms with E-state index < -0.39 is 12.1 Å². The summed E-state index contributed by atoms with van der Waals surface area (Å²) in [5.74, 6) is -3.01. The monoisotopic (exact) mass is 211 g/mol. The first kappa shape index (κ1) is 16.0. The molecule has 0 saturated heterocycles. The minimum absolute atomic E-state index is 0. The summed E-state index contributed by atoms with van der Waals surface area (Å²) in [5, 5.41) is 8.78. The normalized spacial score (nSPS) is 8.78. The summed E-state index contributed by atoms with van der Waals surface area (Å²) >= 11 is 0. The Morgan fingerprint density at radius 1 is 1.33 bits per heavy atom. The fraction of sp³-hybridized carbons (Fsp3) is 0.500. The maximum Gasteiger partial charge on any atom is 2.00 e. The van der Waals surface area contributed by atoms with Crippen molar-refractivity contribution in [2.45, 2.75) is 6.18 Å². The first-order valence-electron chi connectivity index (χ1n) is 1.23. The number of hydrogen-bond acceptors (Lipinski definition) is 2. The van der Waals surface area contributed by atoms with Crippen LogP contribution >= 0.6 is 0 Å². The van der Waals surface area contributed by atoms with Gasteiger partial charge in [-0.15, -0.1) is 0 Å². The molecule has 0 rings (SSSR count). The zero-order valence-corrected chi connectivity index (χ0v) is 5.33. The molecular formula is C2ClCuF3O2. The van der Waals surface area contributed by atoms with E-state index in [4.69, 9.17) is 9.90 Å². The van der Waals surface area contributed by atoms with E-state index in [1.54, 1.807) is 0 Å². The van der Waals surface area contributed by atoms with Crippen LogP contribution in [0.4, 0.5) is 13.2 Å². The Balaban J connectivity index is -0.000000180. The Labute approximate surface area is 65.3 Å². The van der Waals surface area contributed by atoms with Crippen molar-refractivity contribution in [2.75, 3.05) is 0 Å². The van der Waals surface area contributed by atoms with Crippen LogP contribution in [0.1, 0.15) is 0 Å². The fourth-order valence-corrected chi connectivity index (χ4v) is 0. The Morgan fingerprint density at radius 3 is 1.44 bits per heavy atom. The Morgan fingerprint density at radius 2 is 1.44 bits per heavy atom. The first-order valence-corrected chi connectivity index (χ1v) is 1.23. The van der Waals surface area contributed by atoms with Crippen molar-refractivity contribution in [3.05, 3.63) is 0 Å². The standard InChI is InChI=1S/C2HF3O2.ClH.Cu/c3-2(4,5)1(6)7;;/h(H,6,7);1H;/q;;+2/p-2. The van der Waals surface area contributed by atoms with Gasteiger partial charge in [0.2, 0.25) is 0 Å². The Hall–Kier alpha value is 0.0695. The van der Waals surface area contributed by atoms with Gasteiger partial charge in [0.15, 0.2) is 0 Å². The van der Waals surface area contributed by atoms with Gasteiger partial charge < -0.3 is 22.3 Å². The molecule has 0 spiro atoms. The van der Waals surface area contributed by atoms with Crippen LogP contribution < -0.4 is 17.5 Å². The smallest absolute Gasteiger partial charge is 1.00 e. The summed E-state index contributed by atoms with van der Waals surface area (Å²) in [4.78, 5) is 8.78. The van der Waals surface area contributed by atoms with Gasteiger partial charge in [-0.05, 0) is 0 Å². The fourth-order valence-electron chi connectivity index (χ4n) is 0. The van der Waals surface area contributed by atoms with Crippen LogP contribution in [-0.2, 0) is 21.9 Å². The van der Waals surface area contributed by atoms with Crippen molar-refractivity contribution in [3.8, 4) is 0 Å². The number of rotatable bonds is 0. The first-order chi connectivity index (χ1) is 2.94. The zero-order valence-electron chi connectivity index (χ0n) is 3.63. The van der Waals surface area contributed by atoms with Crippen LogP contribution in [0.25, 0.3) is 0 Å². The number of alkyl halides is 3. The molecule has 0 N–H and O–H groups in total. The third-order valence-electron chi connectivity index (χ3n) is 0.231. The second kappa shape index (κ2) is 4.90. The van der Waals surface area contributed by atoms with E-state index in [0.29, 0.717) is 0 Å². The SMILES string of the molecule is O=C([O-])C(F)(F)F.[Cl-].[Cu+2]. The summed E-state index contributed by atoms with van der Waals surface area (Å²) in [5.41, 5.74) is 0. The molecule has 0 heterocycles. The van der Waals surface area contributed by atoms with E-state index in [1.165, 1.54) is 0 Å². The van der Waals surface area contributed by atoms with Gasteiger partial charge in [-0.2, -0.15) is 13.2 Å². The summed E-state index contributed by atoms with van der Waals surface area (Å²) in [6.07, 6.45) is -5.19. The minimum Gasteiger partial charge on any atom is -1.00 e. The van der Waals surface area contributed by atoms with Crippen molar-refractivity contribution in [1.82, 2.24) is 0 Å². The molecule has 0 amide bonds. The van der Waals surface area contributed by atoms with Gasteiger partial charge in [-0.3, -0.25) is 0 Å². The van der Waals surface area contributed by atoms with E-state index in [2.05, 4.69) is 0 Å². The van der Waals surface area contributed by atoms with Crippen molar-refractivity contribution in [3.63, 3.8) is 0 Å².